The SMILES string of the molecule is CCN(CC)S(=O)(=O)c1scc(Nc2nc3c(nc2N[C@@H](c2cc(C(C)C)co2)C(C)(C)C)NCN3)c1O. The highest BCUT2D eigenvalue weighted by atomic mass is 32.2. The molecule has 3 aromatic rings. The first kappa shape index (κ1) is 28.0. The van der Waals surface area contributed by atoms with Gasteiger partial charge >= 0.3 is 0 Å². The molecule has 0 aliphatic carbocycles. The van der Waals surface area contributed by atoms with Crippen LogP contribution >= 0.6 is 11.3 Å². The van der Waals surface area contributed by atoms with Crippen molar-refractivity contribution in [2.45, 2.75) is 64.6 Å². The zero-order chi connectivity index (χ0) is 27.8. The zero-order valence-electron chi connectivity index (χ0n) is 22.8. The van der Waals surface area contributed by atoms with Gasteiger partial charge in [0.15, 0.2) is 33.2 Å². The molecule has 38 heavy (non-hydrogen) atoms. The zero-order valence-corrected chi connectivity index (χ0v) is 24.5. The first-order chi connectivity index (χ1) is 17.9. The lowest BCUT2D eigenvalue weighted by atomic mass is 9.85. The Morgan fingerprint density at radius 3 is 2.34 bits per heavy atom. The normalized spacial score (nSPS) is 14.3. The van der Waals surface area contributed by atoms with Crippen LogP contribution < -0.4 is 21.3 Å². The van der Waals surface area contributed by atoms with E-state index in [4.69, 9.17) is 9.40 Å². The summed E-state index contributed by atoms with van der Waals surface area (Å²) >= 11 is 0.959. The molecule has 0 spiro atoms. The average Bonchev–Trinajstić information content (AvgIpc) is 3.58. The fraction of sp³-hybridized carbons (Fsp3) is 0.520. The average molecular weight is 564 g/mol. The number of aromatic nitrogens is 2. The van der Waals surface area contributed by atoms with Crippen molar-refractivity contribution in [1.82, 2.24) is 14.3 Å². The molecule has 0 bridgehead atoms. The summed E-state index contributed by atoms with van der Waals surface area (Å²) in [5.74, 6) is 2.66. The number of sulfonamides is 1. The van der Waals surface area contributed by atoms with E-state index < -0.39 is 10.0 Å². The number of hydrogen-bond acceptors (Lipinski definition) is 11. The molecule has 0 radical (unpaired) electrons. The summed E-state index contributed by atoms with van der Waals surface area (Å²) in [5.41, 5.74) is 1.08. The van der Waals surface area contributed by atoms with E-state index in [0.29, 0.717) is 48.9 Å². The van der Waals surface area contributed by atoms with E-state index in [0.717, 1.165) is 22.7 Å². The van der Waals surface area contributed by atoms with Gasteiger partial charge in [-0.15, -0.1) is 11.3 Å². The van der Waals surface area contributed by atoms with Gasteiger partial charge in [-0.2, -0.15) is 4.31 Å². The van der Waals surface area contributed by atoms with Crippen LogP contribution in [-0.4, -0.2) is 47.6 Å². The maximum atomic E-state index is 13.0. The van der Waals surface area contributed by atoms with Gasteiger partial charge in [-0.3, -0.25) is 0 Å². The molecule has 5 N–H and O–H groups in total. The number of anilines is 5. The van der Waals surface area contributed by atoms with Crippen molar-refractivity contribution in [2.75, 3.05) is 41.0 Å². The third-order valence-electron chi connectivity index (χ3n) is 6.41. The van der Waals surface area contributed by atoms with Crippen molar-refractivity contribution in [3.63, 3.8) is 0 Å². The van der Waals surface area contributed by atoms with Crippen LogP contribution in [-0.2, 0) is 10.0 Å². The first-order valence-electron chi connectivity index (χ1n) is 12.7. The van der Waals surface area contributed by atoms with Crippen molar-refractivity contribution in [3.05, 3.63) is 29.0 Å². The van der Waals surface area contributed by atoms with Crippen LogP contribution in [0.1, 0.15) is 71.7 Å². The third-order valence-corrected chi connectivity index (χ3v) is 9.95. The van der Waals surface area contributed by atoms with E-state index in [1.165, 1.54) is 4.31 Å². The summed E-state index contributed by atoms with van der Waals surface area (Å²) in [5, 5.41) is 25.4. The van der Waals surface area contributed by atoms with Crippen molar-refractivity contribution in [1.29, 1.82) is 0 Å². The molecule has 1 aliphatic heterocycles. The lowest BCUT2D eigenvalue weighted by Gasteiger charge is -2.31. The van der Waals surface area contributed by atoms with Crippen molar-refractivity contribution >= 4 is 50.3 Å². The lowest BCUT2D eigenvalue weighted by Crippen LogP contribution is -2.30. The number of nitrogens with zero attached hydrogens (tertiary/aromatic N) is 3. The topological polar surface area (TPSA) is 145 Å². The monoisotopic (exact) mass is 563 g/mol. The fourth-order valence-corrected chi connectivity index (χ4v) is 7.00. The smallest absolute Gasteiger partial charge is 0.256 e. The number of furan rings is 1. The summed E-state index contributed by atoms with van der Waals surface area (Å²) in [6.45, 7) is 15.2. The van der Waals surface area contributed by atoms with Crippen LogP contribution in [0.15, 0.2) is 26.3 Å². The third kappa shape index (κ3) is 5.40. The van der Waals surface area contributed by atoms with Crippen LogP contribution in [0, 0.1) is 5.41 Å². The van der Waals surface area contributed by atoms with Gasteiger partial charge in [0.25, 0.3) is 10.0 Å². The second-order valence-corrected chi connectivity index (χ2v) is 13.5. The minimum Gasteiger partial charge on any atom is -0.504 e. The molecule has 1 aliphatic rings. The van der Waals surface area contributed by atoms with Gasteiger partial charge in [0.2, 0.25) is 0 Å². The maximum Gasteiger partial charge on any atom is 0.256 e. The van der Waals surface area contributed by atoms with Gasteiger partial charge < -0.3 is 30.8 Å². The van der Waals surface area contributed by atoms with E-state index in [1.807, 2.05) is 0 Å². The van der Waals surface area contributed by atoms with E-state index in [-0.39, 0.29) is 27.1 Å². The summed E-state index contributed by atoms with van der Waals surface area (Å²) in [4.78, 5) is 9.44. The van der Waals surface area contributed by atoms with Gasteiger partial charge in [0, 0.05) is 18.5 Å². The Bertz CT molecular complexity index is 1390. The highest BCUT2D eigenvalue weighted by Gasteiger charge is 2.33. The van der Waals surface area contributed by atoms with E-state index >= 15 is 0 Å². The van der Waals surface area contributed by atoms with Crippen LogP contribution in [0.2, 0.25) is 0 Å². The number of hydrogen-bond donors (Lipinski definition) is 5. The van der Waals surface area contributed by atoms with E-state index in [9.17, 15) is 13.5 Å². The minimum absolute atomic E-state index is 0.114. The molecule has 0 amide bonds. The largest absolute Gasteiger partial charge is 0.504 e. The van der Waals surface area contributed by atoms with E-state index in [1.54, 1.807) is 25.5 Å². The number of aromatic hydroxyl groups is 1. The Hall–Kier alpha value is -3.03. The molecule has 0 aromatic carbocycles. The number of rotatable bonds is 10. The molecule has 0 saturated carbocycles. The Kier molecular flexibility index (Phi) is 7.82. The molecule has 13 heteroatoms. The highest BCUT2D eigenvalue weighted by molar-refractivity contribution is 7.91. The van der Waals surface area contributed by atoms with Crippen LogP contribution in [0.3, 0.4) is 0 Å². The van der Waals surface area contributed by atoms with Crippen molar-refractivity contribution in [3.8, 4) is 5.75 Å². The molecular formula is C25H37N7O4S2. The summed E-state index contributed by atoms with van der Waals surface area (Å²) in [6.07, 6.45) is 1.78. The summed E-state index contributed by atoms with van der Waals surface area (Å²) in [6, 6.07) is 1.79. The molecular weight excluding hydrogens is 526 g/mol. The first-order valence-corrected chi connectivity index (χ1v) is 15.0. The Balaban J connectivity index is 1.72. The van der Waals surface area contributed by atoms with Gasteiger partial charge in [0.05, 0.1) is 24.7 Å². The highest BCUT2D eigenvalue weighted by Crippen LogP contribution is 2.43. The second kappa shape index (κ2) is 10.6. The Morgan fingerprint density at radius 2 is 1.79 bits per heavy atom. The minimum atomic E-state index is -3.83. The van der Waals surface area contributed by atoms with Crippen LogP contribution in [0.4, 0.5) is 29.0 Å². The van der Waals surface area contributed by atoms with E-state index in [2.05, 4.69) is 66.9 Å². The van der Waals surface area contributed by atoms with Crippen molar-refractivity contribution < 1.29 is 17.9 Å². The molecule has 3 aromatic heterocycles. The van der Waals surface area contributed by atoms with Gasteiger partial charge in [-0.05, 0) is 23.0 Å². The van der Waals surface area contributed by atoms with Gasteiger partial charge in [-0.1, -0.05) is 48.5 Å². The Labute approximate surface area is 228 Å². The van der Waals surface area contributed by atoms with Crippen LogP contribution in [0.25, 0.3) is 0 Å². The second-order valence-electron chi connectivity index (χ2n) is 10.5. The standard InChI is InChI=1S/C25H37N7O4S2/c1-8-32(9-2)38(34,35)24-18(33)16(12-37-24)28-22-23(31-21-20(30-22)26-13-27-21)29-19(25(5,6)7)17-10-15(11-36-17)14(3)4/h10-12,14,19,33H,8-9,13H2,1-7H3,(H2,26,28,30)(H2,27,29,31)/t19-/m0/s1. The van der Waals surface area contributed by atoms with Gasteiger partial charge in [-0.25, -0.2) is 18.4 Å². The summed E-state index contributed by atoms with van der Waals surface area (Å²) < 4.78 is 33.3. The molecule has 1 atom stereocenters. The molecule has 11 nitrogen and oxygen atoms in total. The number of fused-ring (bicyclic) bond motifs is 1. The molecule has 0 fully saturated rings. The quantitative estimate of drug-likeness (QED) is 0.207. The summed E-state index contributed by atoms with van der Waals surface area (Å²) in [7, 11) is -3.83. The Morgan fingerprint density at radius 1 is 1.16 bits per heavy atom. The van der Waals surface area contributed by atoms with Crippen LogP contribution in [0.5, 0.6) is 5.75 Å². The fourth-order valence-electron chi connectivity index (χ4n) is 4.17. The molecule has 208 valence electrons. The molecule has 4 rings (SSSR count). The molecule has 4 heterocycles. The van der Waals surface area contributed by atoms with Gasteiger partial charge in [0.1, 0.15) is 5.76 Å². The molecule has 0 unspecified atom stereocenters. The predicted octanol–water partition coefficient (Wildman–Crippen LogP) is 5.73. The van der Waals surface area contributed by atoms with Crippen molar-refractivity contribution in [2.24, 2.45) is 5.41 Å². The predicted molar refractivity (Wildman–Crippen MR) is 152 cm³/mol. The number of thiophene rings is 1. The maximum absolute atomic E-state index is 13.0. The number of nitrogens with one attached hydrogen (secondary N) is 4. The molecule has 0 saturated heterocycles. The lowest BCUT2D eigenvalue weighted by molar-refractivity contribution is 0.303.